The van der Waals surface area contributed by atoms with E-state index in [1.807, 2.05) is 24.3 Å². The number of amides is 1. The Hall–Kier alpha value is -3.26. The first-order valence-electron chi connectivity index (χ1n) is 9.68. The number of hydrogen-bond donors (Lipinski definition) is 1. The number of nitrogens with zero attached hydrogens (tertiary/aromatic N) is 4. The summed E-state index contributed by atoms with van der Waals surface area (Å²) in [5, 5.41) is 6.76. The molecule has 0 atom stereocenters. The van der Waals surface area contributed by atoms with Crippen LogP contribution in [0.2, 0.25) is 0 Å². The lowest BCUT2D eigenvalue weighted by molar-refractivity contribution is 0.0942. The molecule has 1 aliphatic heterocycles. The first-order valence-corrected chi connectivity index (χ1v) is 9.68. The van der Waals surface area contributed by atoms with Crippen molar-refractivity contribution in [2.75, 3.05) is 13.1 Å². The fraction of sp³-hybridized carbons (Fsp3) is 0.333. The number of pyridine rings is 1. The molecule has 0 saturated carbocycles. The Kier molecular flexibility index (Phi) is 6.11. The van der Waals surface area contributed by atoms with E-state index in [9.17, 15) is 4.79 Å². The van der Waals surface area contributed by atoms with Gasteiger partial charge < -0.3 is 14.6 Å². The van der Waals surface area contributed by atoms with Crippen LogP contribution in [0.3, 0.4) is 0 Å². The highest BCUT2D eigenvalue weighted by molar-refractivity contribution is 5.94. The monoisotopic (exact) mass is 393 g/mol. The number of hydrogen-bond acceptors (Lipinski definition) is 7. The summed E-state index contributed by atoms with van der Waals surface area (Å²) in [5.41, 5.74) is 1.63. The zero-order chi connectivity index (χ0) is 19.9. The summed E-state index contributed by atoms with van der Waals surface area (Å²) >= 11 is 0. The van der Waals surface area contributed by atoms with Crippen LogP contribution in [0.1, 0.15) is 34.6 Å². The number of piperidine rings is 1. The van der Waals surface area contributed by atoms with Crippen molar-refractivity contribution in [2.24, 2.45) is 0 Å². The summed E-state index contributed by atoms with van der Waals surface area (Å²) in [4.78, 5) is 22.6. The quantitative estimate of drug-likeness (QED) is 0.659. The molecular formula is C21H23N5O3. The summed E-state index contributed by atoms with van der Waals surface area (Å²) < 4.78 is 10.9. The molecule has 29 heavy (non-hydrogen) atoms. The van der Waals surface area contributed by atoms with Crippen LogP contribution in [0.4, 0.5) is 0 Å². The molecule has 0 aliphatic carbocycles. The highest BCUT2D eigenvalue weighted by atomic mass is 16.5. The van der Waals surface area contributed by atoms with Gasteiger partial charge in [-0.25, -0.2) is 0 Å². The molecule has 0 spiro atoms. The van der Waals surface area contributed by atoms with Gasteiger partial charge in [0.2, 0.25) is 6.39 Å². The third kappa shape index (κ3) is 5.39. The molecule has 1 N–H and O–H groups in total. The number of benzene rings is 1. The van der Waals surface area contributed by atoms with Crippen molar-refractivity contribution in [1.29, 1.82) is 0 Å². The smallest absolute Gasteiger partial charge is 0.251 e. The van der Waals surface area contributed by atoms with Crippen LogP contribution in [-0.2, 0) is 13.1 Å². The molecule has 0 bridgehead atoms. The molecule has 2 aromatic heterocycles. The molecule has 1 amide bonds. The molecule has 1 aromatic carbocycles. The molecule has 0 unspecified atom stereocenters. The first kappa shape index (κ1) is 19.1. The molecular weight excluding hydrogens is 370 g/mol. The molecule has 3 heterocycles. The van der Waals surface area contributed by atoms with Crippen LogP contribution in [-0.4, -0.2) is 45.1 Å². The van der Waals surface area contributed by atoms with Crippen molar-refractivity contribution in [3.63, 3.8) is 0 Å². The highest BCUT2D eigenvalue weighted by Gasteiger charge is 2.21. The van der Waals surface area contributed by atoms with Crippen molar-refractivity contribution in [2.45, 2.75) is 32.0 Å². The highest BCUT2D eigenvalue weighted by Crippen LogP contribution is 2.20. The van der Waals surface area contributed by atoms with Gasteiger partial charge in [0, 0.05) is 37.6 Å². The van der Waals surface area contributed by atoms with E-state index in [1.165, 1.54) is 6.39 Å². The van der Waals surface area contributed by atoms with Gasteiger partial charge in [-0.05, 0) is 54.8 Å². The second kappa shape index (κ2) is 9.29. The number of aromatic nitrogens is 3. The third-order valence-electron chi connectivity index (χ3n) is 4.93. The van der Waals surface area contributed by atoms with Crippen LogP contribution in [0.15, 0.2) is 59.7 Å². The summed E-state index contributed by atoms with van der Waals surface area (Å²) in [6.45, 7) is 3.03. The lowest BCUT2D eigenvalue weighted by atomic mass is 10.1. The second-order valence-corrected chi connectivity index (χ2v) is 7.00. The Balaban J connectivity index is 1.23. The van der Waals surface area contributed by atoms with E-state index in [2.05, 4.69) is 25.3 Å². The van der Waals surface area contributed by atoms with Crippen molar-refractivity contribution < 1.29 is 14.1 Å². The normalized spacial score (nSPS) is 15.2. The van der Waals surface area contributed by atoms with E-state index in [-0.39, 0.29) is 12.0 Å². The SMILES string of the molecule is O=C(NCc1ccncc1)c1ccc(OC2CCN(Cc3ncon3)CC2)cc1. The number of carbonyl (C=O) groups excluding carboxylic acids is 1. The maximum Gasteiger partial charge on any atom is 0.251 e. The van der Waals surface area contributed by atoms with Gasteiger partial charge in [0.25, 0.3) is 5.91 Å². The number of nitrogens with one attached hydrogen (secondary N) is 1. The van der Waals surface area contributed by atoms with E-state index in [0.29, 0.717) is 24.5 Å². The molecule has 1 saturated heterocycles. The lowest BCUT2D eigenvalue weighted by Crippen LogP contribution is -2.38. The van der Waals surface area contributed by atoms with E-state index in [4.69, 9.17) is 9.26 Å². The van der Waals surface area contributed by atoms with Gasteiger partial charge in [0.05, 0.1) is 6.54 Å². The van der Waals surface area contributed by atoms with Crippen LogP contribution >= 0.6 is 0 Å². The van der Waals surface area contributed by atoms with Crippen LogP contribution in [0.5, 0.6) is 5.75 Å². The Bertz CT molecular complexity index is 892. The number of likely N-dealkylation sites (tertiary alicyclic amines) is 1. The summed E-state index contributed by atoms with van der Waals surface area (Å²) in [7, 11) is 0. The van der Waals surface area contributed by atoms with E-state index >= 15 is 0 Å². The van der Waals surface area contributed by atoms with Crippen molar-refractivity contribution in [3.8, 4) is 5.75 Å². The molecule has 0 radical (unpaired) electrons. The van der Waals surface area contributed by atoms with Gasteiger partial charge in [-0.2, -0.15) is 4.98 Å². The largest absolute Gasteiger partial charge is 0.490 e. The molecule has 4 rings (SSSR count). The third-order valence-corrected chi connectivity index (χ3v) is 4.93. The summed E-state index contributed by atoms with van der Waals surface area (Å²) in [6.07, 6.45) is 6.82. The fourth-order valence-electron chi connectivity index (χ4n) is 3.31. The molecule has 150 valence electrons. The predicted molar refractivity (Wildman–Crippen MR) is 105 cm³/mol. The Morgan fingerprint density at radius 2 is 1.90 bits per heavy atom. The topological polar surface area (TPSA) is 93.4 Å². The molecule has 1 aliphatic rings. The fourth-order valence-corrected chi connectivity index (χ4v) is 3.31. The van der Waals surface area contributed by atoms with Gasteiger partial charge in [-0.15, -0.1) is 0 Å². The average Bonchev–Trinajstić information content (AvgIpc) is 3.28. The lowest BCUT2D eigenvalue weighted by Gasteiger charge is -2.31. The minimum atomic E-state index is -0.108. The second-order valence-electron chi connectivity index (χ2n) is 7.00. The Morgan fingerprint density at radius 3 is 2.59 bits per heavy atom. The summed E-state index contributed by atoms with van der Waals surface area (Å²) in [6, 6.07) is 11.1. The van der Waals surface area contributed by atoms with Crippen LogP contribution < -0.4 is 10.1 Å². The molecule has 8 nitrogen and oxygen atoms in total. The first-order chi connectivity index (χ1) is 14.3. The Morgan fingerprint density at radius 1 is 1.14 bits per heavy atom. The average molecular weight is 393 g/mol. The van der Waals surface area contributed by atoms with Crippen molar-refractivity contribution >= 4 is 5.91 Å². The minimum absolute atomic E-state index is 0.108. The molecule has 3 aromatic rings. The minimum Gasteiger partial charge on any atom is -0.490 e. The van der Waals surface area contributed by atoms with E-state index in [0.717, 1.165) is 37.2 Å². The van der Waals surface area contributed by atoms with Gasteiger partial charge in [0.1, 0.15) is 11.9 Å². The van der Waals surface area contributed by atoms with Gasteiger partial charge in [-0.1, -0.05) is 5.16 Å². The van der Waals surface area contributed by atoms with Crippen molar-refractivity contribution in [1.82, 2.24) is 25.3 Å². The van der Waals surface area contributed by atoms with Gasteiger partial charge in [-0.3, -0.25) is 14.7 Å². The van der Waals surface area contributed by atoms with Gasteiger partial charge >= 0.3 is 0 Å². The van der Waals surface area contributed by atoms with Gasteiger partial charge in [0.15, 0.2) is 5.82 Å². The maximum absolute atomic E-state index is 12.3. The summed E-state index contributed by atoms with van der Waals surface area (Å²) in [5.74, 6) is 1.39. The number of rotatable bonds is 7. The molecule has 1 fully saturated rings. The van der Waals surface area contributed by atoms with E-state index in [1.54, 1.807) is 24.5 Å². The Labute approximate surface area is 168 Å². The number of ether oxygens (including phenoxy) is 1. The maximum atomic E-state index is 12.3. The zero-order valence-corrected chi connectivity index (χ0v) is 16.0. The number of carbonyl (C=O) groups is 1. The van der Waals surface area contributed by atoms with Crippen LogP contribution in [0.25, 0.3) is 0 Å². The molecule has 8 heteroatoms. The van der Waals surface area contributed by atoms with Crippen molar-refractivity contribution in [3.05, 3.63) is 72.1 Å². The standard InChI is InChI=1S/C21H23N5O3/c27-21(23-13-16-5-9-22-10-6-16)17-1-3-18(4-2-17)29-19-7-11-26(12-8-19)14-20-24-15-28-25-20/h1-6,9-10,15,19H,7-8,11-14H2,(H,23,27). The van der Waals surface area contributed by atoms with E-state index < -0.39 is 0 Å². The zero-order valence-electron chi connectivity index (χ0n) is 16.0. The predicted octanol–water partition coefficient (Wildman–Crippen LogP) is 2.44. The van der Waals surface area contributed by atoms with Crippen LogP contribution in [0, 0.1) is 0 Å².